The summed E-state index contributed by atoms with van der Waals surface area (Å²) in [6.45, 7) is 2.71. The lowest BCUT2D eigenvalue weighted by Crippen LogP contribution is -2.32. The van der Waals surface area contributed by atoms with Gasteiger partial charge in [0.15, 0.2) is 6.10 Å². The van der Waals surface area contributed by atoms with Gasteiger partial charge in [0.2, 0.25) is 0 Å². The first-order valence-electron chi connectivity index (χ1n) is 6.75. The van der Waals surface area contributed by atoms with E-state index in [1.807, 2.05) is 0 Å². The monoisotopic (exact) mass is 241 g/mol. The molecule has 17 heavy (non-hydrogen) atoms. The van der Waals surface area contributed by atoms with Crippen molar-refractivity contribution in [2.75, 3.05) is 6.54 Å². The molecule has 0 amide bonds. The van der Waals surface area contributed by atoms with Crippen LogP contribution < -0.4 is 5.73 Å². The average Bonchev–Trinajstić information content (AvgIpc) is 2.77. The van der Waals surface area contributed by atoms with Gasteiger partial charge >= 0.3 is 5.97 Å². The molecular weight excluding hydrogens is 218 g/mol. The molecule has 1 saturated heterocycles. The van der Waals surface area contributed by atoms with Crippen molar-refractivity contribution in [3.8, 4) is 0 Å². The van der Waals surface area contributed by atoms with Crippen molar-refractivity contribution in [2.24, 2.45) is 11.7 Å². The third-order valence-corrected chi connectivity index (χ3v) is 3.80. The molecule has 0 aromatic heterocycles. The molecule has 2 N–H and O–H groups in total. The van der Waals surface area contributed by atoms with Crippen LogP contribution in [0.2, 0.25) is 0 Å². The van der Waals surface area contributed by atoms with Crippen molar-refractivity contribution < 1.29 is 14.3 Å². The molecule has 0 aromatic carbocycles. The summed E-state index contributed by atoms with van der Waals surface area (Å²) in [7, 11) is 0. The van der Waals surface area contributed by atoms with Gasteiger partial charge in [0.1, 0.15) is 6.10 Å². The molecule has 0 radical (unpaired) electrons. The molecule has 4 nitrogen and oxygen atoms in total. The summed E-state index contributed by atoms with van der Waals surface area (Å²) < 4.78 is 11.1. The molecule has 4 heteroatoms. The lowest BCUT2D eigenvalue weighted by molar-refractivity contribution is -0.163. The Bertz CT molecular complexity index is 269. The van der Waals surface area contributed by atoms with Crippen molar-refractivity contribution in [1.29, 1.82) is 0 Å². The number of esters is 1. The van der Waals surface area contributed by atoms with Crippen LogP contribution in [0.15, 0.2) is 0 Å². The number of nitrogens with two attached hydrogens (primary N) is 1. The Morgan fingerprint density at radius 3 is 2.82 bits per heavy atom. The Morgan fingerprint density at radius 1 is 1.35 bits per heavy atom. The quantitative estimate of drug-likeness (QED) is 0.763. The van der Waals surface area contributed by atoms with E-state index in [4.69, 9.17) is 15.2 Å². The first-order chi connectivity index (χ1) is 8.19. The van der Waals surface area contributed by atoms with Crippen LogP contribution in [0.4, 0.5) is 0 Å². The first kappa shape index (κ1) is 12.8. The fraction of sp³-hybridized carbons (Fsp3) is 0.923. The zero-order valence-corrected chi connectivity index (χ0v) is 10.6. The molecule has 2 aliphatic rings. The standard InChI is InChI=1S/C13H23NO3/c1-9-3-2-4-10(7-9)17-13(15)12-6-5-11(8-14)16-12/h9-12H,2-8,14H2,1H3. The summed E-state index contributed by atoms with van der Waals surface area (Å²) >= 11 is 0. The van der Waals surface area contributed by atoms with E-state index in [9.17, 15) is 4.79 Å². The van der Waals surface area contributed by atoms with Gasteiger partial charge in [-0.1, -0.05) is 13.3 Å². The van der Waals surface area contributed by atoms with E-state index in [0.717, 1.165) is 32.1 Å². The van der Waals surface area contributed by atoms with Crippen LogP contribution >= 0.6 is 0 Å². The topological polar surface area (TPSA) is 61.5 Å². The van der Waals surface area contributed by atoms with E-state index in [1.165, 1.54) is 6.42 Å². The number of hydrogen-bond donors (Lipinski definition) is 1. The van der Waals surface area contributed by atoms with E-state index >= 15 is 0 Å². The van der Waals surface area contributed by atoms with Gasteiger partial charge in [-0.3, -0.25) is 0 Å². The maximum Gasteiger partial charge on any atom is 0.335 e. The summed E-state index contributed by atoms with van der Waals surface area (Å²) in [6.07, 6.45) is 5.81. The number of rotatable bonds is 3. The van der Waals surface area contributed by atoms with Gasteiger partial charge in [0.25, 0.3) is 0 Å². The lowest BCUT2D eigenvalue weighted by atomic mass is 9.89. The molecule has 4 atom stereocenters. The smallest absolute Gasteiger partial charge is 0.335 e. The molecule has 98 valence electrons. The number of hydrogen-bond acceptors (Lipinski definition) is 4. The van der Waals surface area contributed by atoms with Crippen LogP contribution in [0.25, 0.3) is 0 Å². The van der Waals surface area contributed by atoms with Crippen LogP contribution in [-0.4, -0.2) is 30.8 Å². The van der Waals surface area contributed by atoms with Gasteiger partial charge < -0.3 is 15.2 Å². The maximum atomic E-state index is 11.9. The van der Waals surface area contributed by atoms with E-state index in [1.54, 1.807) is 0 Å². The fourth-order valence-electron chi connectivity index (χ4n) is 2.78. The molecule has 0 bridgehead atoms. The summed E-state index contributed by atoms with van der Waals surface area (Å²) in [6, 6.07) is 0. The minimum absolute atomic E-state index is 0.0397. The van der Waals surface area contributed by atoms with Crippen LogP contribution in [0.5, 0.6) is 0 Å². The van der Waals surface area contributed by atoms with Crippen LogP contribution in [0.1, 0.15) is 45.4 Å². The van der Waals surface area contributed by atoms with Crippen LogP contribution in [-0.2, 0) is 14.3 Å². The van der Waals surface area contributed by atoms with E-state index < -0.39 is 0 Å². The van der Waals surface area contributed by atoms with Crippen LogP contribution in [0, 0.1) is 5.92 Å². The van der Waals surface area contributed by atoms with Gasteiger partial charge in [-0.15, -0.1) is 0 Å². The highest BCUT2D eigenvalue weighted by Crippen LogP contribution is 2.27. The zero-order chi connectivity index (χ0) is 12.3. The second-order valence-corrected chi connectivity index (χ2v) is 5.39. The van der Waals surface area contributed by atoms with Crippen molar-refractivity contribution >= 4 is 5.97 Å². The highest BCUT2D eigenvalue weighted by atomic mass is 16.6. The normalized spacial score (nSPS) is 38.0. The Balaban J connectivity index is 1.77. The van der Waals surface area contributed by atoms with Gasteiger partial charge in [-0.25, -0.2) is 4.79 Å². The Labute approximate surface area is 103 Å². The van der Waals surface area contributed by atoms with Crippen molar-refractivity contribution in [2.45, 2.75) is 63.8 Å². The Kier molecular flexibility index (Phi) is 4.40. The molecule has 2 rings (SSSR count). The number of carbonyl (C=O) groups excluding carboxylic acids is 1. The molecule has 0 spiro atoms. The number of carbonyl (C=O) groups is 1. The second-order valence-electron chi connectivity index (χ2n) is 5.39. The molecule has 4 unspecified atom stereocenters. The first-order valence-corrected chi connectivity index (χ1v) is 6.75. The van der Waals surface area contributed by atoms with Gasteiger partial charge in [-0.05, 0) is 38.0 Å². The van der Waals surface area contributed by atoms with Crippen LogP contribution in [0.3, 0.4) is 0 Å². The zero-order valence-electron chi connectivity index (χ0n) is 10.6. The molecule has 0 aromatic rings. The molecule has 2 fully saturated rings. The average molecular weight is 241 g/mol. The van der Waals surface area contributed by atoms with E-state index in [0.29, 0.717) is 12.5 Å². The van der Waals surface area contributed by atoms with Crippen molar-refractivity contribution in [3.05, 3.63) is 0 Å². The highest BCUT2D eigenvalue weighted by Gasteiger charge is 2.33. The molecule has 1 saturated carbocycles. The fourth-order valence-corrected chi connectivity index (χ4v) is 2.78. The third-order valence-electron chi connectivity index (χ3n) is 3.80. The summed E-state index contributed by atoms with van der Waals surface area (Å²) in [4.78, 5) is 11.9. The third kappa shape index (κ3) is 3.42. The van der Waals surface area contributed by atoms with E-state index in [2.05, 4.69) is 6.92 Å². The predicted molar refractivity (Wildman–Crippen MR) is 64.5 cm³/mol. The summed E-state index contributed by atoms with van der Waals surface area (Å²) in [5, 5.41) is 0. The Hall–Kier alpha value is -0.610. The van der Waals surface area contributed by atoms with Gasteiger partial charge in [0.05, 0.1) is 6.10 Å². The molecule has 1 aliphatic heterocycles. The second kappa shape index (κ2) is 5.83. The minimum Gasteiger partial charge on any atom is -0.460 e. The Morgan fingerprint density at radius 2 is 2.18 bits per heavy atom. The molecule has 1 aliphatic carbocycles. The summed E-state index contributed by atoms with van der Waals surface area (Å²) in [5.41, 5.74) is 5.52. The largest absolute Gasteiger partial charge is 0.460 e. The van der Waals surface area contributed by atoms with Gasteiger partial charge in [-0.2, -0.15) is 0 Å². The predicted octanol–water partition coefficient (Wildman–Crippen LogP) is 1.61. The minimum atomic E-state index is -0.374. The van der Waals surface area contributed by atoms with E-state index in [-0.39, 0.29) is 24.3 Å². The maximum absolute atomic E-state index is 11.9. The lowest BCUT2D eigenvalue weighted by Gasteiger charge is -2.27. The number of ether oxygens (including phenoxy) is 2. The SMILES string of the molecule is CC1CCCC(OC(=O)C2CCC(CN)O2)C1. The summed E-state index contributed by atoms with van der Waals surface area (Å²) in [5.74, 6) is 0.489. The molecule has 1 heterocycles. The van der Waals surface area contributed by atoms with Crippen molar-refractivity contribution in [3.63, 3.8) is 0 Å². The van der Waals surface area contributed by atoms with Crippen molar-refractivity contribution in [1.82, 2.24) is 0 Å². The molecular formula is C13H23NO3. The highest BCUT2D eigenvalue weighted by molar-refractivity contribution is 5.75. The van der Waals surface area contributed by atoms with Gasteiger partial charge in [0, 0.05) is 6.54 Å².